The van der Waals surface area contributed by atoms with Crippen LogP contribution in [0, 0.1) is 0 Å². The lowest BCUT2D eigenvalue weighted by atomic mass is 10.2. The maximum Gasteiger partial charge on any atom is 0.407 e. The standard InChI is InChI=1S/C13H15NO3/c1-2-16-13(15)14-8-7-11-9-10-5-3-4-6-12(10)17-11/h3-6,9H,2,7-8H2,1H3,(H,14,15). The molecule has 90 valence electrons. The molecule has 0 spiro atoms. The first kappa shape index (κ1) is 11.5. The van der Waals surface area contributed by atoms with Gasteiger partial charge in [0.05, 0.1) is 6.61 Å². The third kappa shape index (κ3) is 3.00. The molecule has 2 rings (SSSR count). The fourth-order valence-electron chi connectivity index (χ4n) is 1.63. The summed E-state index contributed by atoms with van der Waals surface area (Å²) >= 11 is 0. The molecule has 0 atom stereocenters. The lowest BCUT2D eigenvalue weighted by Crippen LogP contribution is -2.26. The van der Waals surface area contributed by atoms with Crippen molar-refractivity contribution in [1.82, 2.24) is 5.32 Å². The largest absolute Gasteiger partial charge is 0.461 e. The summed E-state index contributed by atoms with van der Waals surface area (Å²) in [6, 6.07) is 9.83. The summed E-state index contributed by atoms with van der Waals surface area (Å²) < 4.78 is 10.4. The number of rotatable bonds is 4. The zero-order valence-corrected chi connectivity index (χ0v) is 9.73. The first-order valence-corrected chi connectivity index (χ1v) is 5.67. The van der Waals surface area contributed by atoms with E-state index in [1.165, 1.54) is 0 Å². The van der Waals surface area contributed by atoms with E-state index in [2.05, 4.69) is 5.32 Å². The SMILES string of the molecule is CCOC(=O)NCCc1cc2ccccc2o1. The molecule has 0 aliphatic carbocycles. The number of carbonyl (C=O) groups is 1. The van der Waals surface area contributed by atoms with Gasteiger partial charge in [0, 0.05) is 18.4 Å². The van der Waals surface area contributed by atoms with Crippen LogP contribution in [-0.2, 0) is 11.2 Å². The van der Waals surface area contributed by atoms with Gasteiger partial charge in [0.25, 0.3) is 0 Å². The second-order valence-electron chi connectivity index (χ2n) is 3.65. The highest BCUT2D eigenvalue weighted by Crippen LogP contribution is 2.18. The van der Waals surface area contributed by atoms with Gasteiger partial charge in [-0.05, 0) is 19.1 Å². The van der Waals surface area contributed by atoms with Gasteiger partial charge in [0.1, 0.15) is 11.3 Å². The zero-order valence-electron chi connectivity index (χ0n) is 9.73. The van der Waals surface area contributed by atoms with Crippen molar-refractivity contribution in [2.45, 2.75) is 13.3 Å². The van der Waals surface area contributed by atoms with Crippen molar-refractivity contribution in [3.8, 4) is 0 Å². The van der Waals surface area contributed by atoms with Crippen molar-refractivity contribution in [1.29, 1.82) is 0 Å². The third-order valence-corrected chi connectivity index (χ3v) is 2.39. The van der Waals surface area contributed by atoms with E-state index >= 15 is 0 Å². The molecule has 4 heteroatoms. The van der Waals surface area contributed by atoms with E-state index in [1.807, 2.05) is 30.3 Å². The van der Waals surface area contributed by atoms with Gasteiger partial charge in [-0.15, -0.1) is 0 Å². The summed E-state index contributed by atoms with van der Waals surface area (Å²) in [7, 11) is 0. The highest BCUT2D eigenvalue weighted by molar-refractivity contribution is 5.77. The third-order valence-electron chi connectivity index (χ3n) is 2.39. The highest BCUT2D eigenvalue weighted by atomic mass is 16.5. The molecule has 17 heavy (non-hydrogen) atoms. The molecule has 1 heterocycles. The lowest BCUT2D eigenvalue weighted by molar-refractivity contribution is 0.152. The Kier molecular flexibility index (Phi) is 3.65. The van der Waals surface area contributed by atoms with Crippen molar-refractivity contribution in [2.24, 2.45) is 0 Å². The van der Waals surface area contributed by atoms with Gasteiger partial charge >= 0.3 is 6.09 Å². The van der Waals surface area contributed by atoms with E-state index in [0.717, 1.165) is 16.7 Å². The summed E-state index contributed by atoms with van der Waals surface area (Å²) in [5, 5.41) is 3.74. The topological polar surface area (TPSA) is 51.5 Å². The summed E-state index contributed by atoms with van der Waals surface area (Å²) in [5.74, 6) is 0.864. The fourth-order valence-corrected chi connectivity index (χ4v) is 1.63. The molecule has 0 saturated heterocycles. The monoisotopic (exact) mass is 233 g/mol. The van der Waals surface area contributed by atoms with E-state index in [-0.39, 0.29) is 6.09 Å². The molecule has 2 aromatic rings. The number of hydrogen-bond acceptors (Lipinski definition) is 3. The molecular weight excluding hydrogens is 218 g/mol. The molecule has 0 unspecified atom stereocenters. The van der Waals surface area contributed by atoms with E-state index in [0.29, 0.717) is 19.6 Å². The smallest absolute Gasteiger partial charge is 0.407 e. The second-order valence-corrected chi connectivity index (χ2v) is 3.65. The average molecular weight is 233 g/mol. The minimum Gasteiger partial charge on any atom is -0.461 e. The van der Waals surface area contributed by atoms with Gasteiger partial charge in [0.2, 0.25) is 0 Å². The number of hydrogen-bond donors (Lipinski definition) is 1. The fraction of sp³-hybridized carbons (Fsp3) is 0.308. The Morgan fingerprint density at radius 1 is 1.41 bits per heavy atom. The van der Waals surface area contributed by atoms with Crippen LogP contribution in [0.5, 0.6) is 0 Å². The molecule has 0 fully saturated rings. The molecule has 0 aliphatic heterocycles. The summed E-state index contributed by atoms with van der Waals surface area (Å²) in [4.78, 5) is 11.0. The summed E-state index contributed by atoms with van der Waals surface area (Å²) in [6.07, 6.45) is 0.275. The predicted octanol–water partition coefficient (Wildman–Crippen LogP) is 2.72. The second kappa shape index (κ2) is 5.39. The van der Waals surface area contributed by atoms with Crippen LogP contribution in [-0.4, -0.2) is 19.2 Å². The zero-order chi connectivity index (χ0) is 12.1. The van der Waals surface area contributed by atoms with Crippen LogP contribution in [0.1, 0.15) is 12.7 Å². The van der Waals surface area contributed by atoms with E-state index in [4.69, 9.17) is 9.15 Å². The van der Waals surface area contributed by atoms with Crippen LogP contribution in [0.2, 0.25) is 0 Å². The van der Waals surface area contributed by atoms with Gasteiger partial charge in [-0.25, -0.2) is 4.79 Å². The van der Waals surface area contributed by atoms with Gasteiger partial charge in [0.15, 0.2) is 0 Å². The number of furan rings is 1. The molecule has 1 amide bonds. The number of alkyl carbamates (subject to hydrolysis) is 1. The molecular formula is C13H15NO3. The Hall–Kier alpha value is -1.97. The number of benzene rings is 1. The Balaban J connectivity index is 1.89. The van der Waals surface area contributed by atoms with Crippen LogP contribution in [0.3, 0.4) is 0 Å². The Bertz CT molecular complexity index is 471. The van der Waals surface area contributed by atoms with E-state index in [9.17, 15) is 4.79 Å². The van der Waals surface area contributed by atoms with Crippen LogP contribution in [0.4, 0.5) is 4.79 Å². The quantitative estimate of drug-likeness (QED) is 0.883. The van der Waals surface area contributed by atoms with Crippen LogP contribution < -0.4 is 5.32 Å². The van der Waals surface area contributed by atoms with Crippen molar-refractivity contribution in [2.75, 3.05) is 13.2 Å². The van der Waals surface area contributed by atoms with Crippen molar-refractivity contribution >= 4 is 17.1 Å². The number of amides is 1. The van der Waals surface area contributed by atoms with E-state index in [1.54, 1.807) is 6.92 Å². The minimum absolute atomic E-state index is 0.385. The van der Waals surface area contributed by atoms with Crippen molar-refractivity contribution < 1.29 is 13.9 Å². The van der Waals surface area contributed by atoms with E-state index < -0.39 is 0 Å². The highest BCUT2D eigenvalue weighted by Gasteiger charge is 2.04. The first-order valence-electron chi connectivity index (χ1n) is 5.67. The maximum atomic E-state index is 11.0. The van der Waals surface area contributed by atoms with Gasteiger partial charge < -0.3 is 14.5 Å². The number of fused-ring (bicyclic) bond motifs is 1. The van der Waals surface area contributed by atoms with Gasteiger partial charge in [-0.2, -0.15) is 0 Å². The summed E-state index contributed by atoms with van der Waals surface area (Å²) in [6.45, 7) is 2.67. The molecule has 0 aliphatic rings. The molecule has 0 radical (unpaired) electrons. The number of para-hydroxylation sites is 1. The maximum absolute atomic E-state index is 11.0. The Morgan fingerprint density at radius 2 is 2.24 bits per heavy atom. The van der Waals surface area contributed by atoms with Crippen LogP contribution in [0.15, 0.2) is 34.7 Å². The molecule has 1 aromatic heterocycles. The van der Waals surface area contributed by atoms with Gasteiger partial charge in [-0.3, -0.25) is 0 Å². The molecule has 4 nitrogen and oxygen atoms in total. The number of nitrogens with one attached hydrogen (secondary N) is 1. The average Bonchev–Trinajstić information content (AvgIpc) is 2.71. The Morgan fingerprint density at radius 3 is 3.00 bits per heavy atom. The van der Waals surface area contributed by atoms with Gasteiger partial charge in [-0.1, -0.05) is 18.2 Å². The first-order chi connectivity index (χ1) is 8.29. The van der Waals surface area contributed by atoms with Crippen molar-refractivity contribution in [3.63, 3.8) is 0 Å². The minimum atomic E-state index is -0.386. The lowest BCUT2D eigenvalue weighted by Gasteiger charge is -2.02. The van der Waals surface area contributed by atoms with Crippen LogP contribution >= 0.6 is 0 Å². The number of ether oxygens (including phenoxy) is 1. The molecule has 0 saturated carbocycles. The summed E-state index contributed by atoms with van der Waals surface area (Å²) in [5.41, 5.74) is 0.874. The van der Waals surface area contributed by atoms with Crippen molar-refractivity contribution in [3.05, 3.63) is 36.1 Å². The molecule has 0 bridgehead atoms. The molecule has 1 N–H and O–H groups in total. The van der Waals surface area contributed by atoms with Crippen LogP contribution in [0.25, 0.3) is 11.0 Å². The normalized spacial score (nSPS) is 10.4. The predicted molar refractivity (Wildman–Crippen MR) is 64.9 cm³/mol. The Labute approximate surface area is 99.6 Å². The molecule has 1 aromatic carbocycles. The number of carbonyl (C=O) groups excluding carboxylic acids is 1.